The predicted molar refractivity (Wildman–Crippen MR) is 116 cm³/mol. The van der Waals surface area contributed by atoms with Crippen molar-refractivity contribution in [1.29, 1.82) is 0 Å². The van der Waals surface area contributed by atoms with E-state index in [0.29, 0.717) is 39.8 Å². The minimum Gasteiger partial charge on any atom is -0.285 e. The van der Waals surface area contributed by atoms with Crippen LogP contribution < -0.4 is 0 Å². The summed E-state index contributed by atoms with van der Waals surface area (Å²) in [5, 5.41) is 1.37. The van der Waals surface area contributed by atoms with E-state index in [1.54, 1.807) is 48.5 Å². The normalized spacial score (nSPS) is 14.7. The molecule has 2 amide bonds. The van der Waals surface area contributed by atoms with Gasteiger partial charge in [0.1, 0.15) is 5.57 Å². The topological polar surface area (TPSA) is 40.6 Å². The summed E-state index contributed by atoms with van der Waals surface area (Å²) < 4.78 is 0. The molecule has 1 saturated heterocycles. The lowest BCUT2D eigenvalue weighted by molar-refractivity contribution is -0.133. The van der Waals surface area contributed by atoms with Crippen molar-refractivity contribution in [2.75, 3.05) is 13.1 Å². The van der Waals surface area contributed by atoms with Crippen LogP contribution in [0.2, 0.25) is 10.0 Å². The minimum atomic E-state index is -0.401. The number of likely N-dealkylation sites (N-methyl/N-ethyl adjacent to an activating group) is 2. The lowest BCUT2D eigenvalue weighted by Gasteiger charge is -2.36. The molecule has 0 spiro atoms. The highest BCUT2D eigenvalue weighted by molar-refractivity contribution is 7.80. The molecule has 0 unspecified atom stereocenters. The van der Waals surface area contributed by atoms with Gasteiger partial charge in [-0.2, -0.15) is 0 Å². The molecule has 0 aromatic heterocycles. The maximum Gasteiger partial charge on any atom is 0.266 e. The quantitative estimate of drug-likeness (QED) is 0.396. The second kappa shape index (κ2) is 8.43. The first-order valence-electron chi connectivity index (χ1n) is 8.82. The number of rotatable bonds is 4. The van der Waals surface area contributed by atoms with Crippen LogP contribution in [0.3, 0.4) is 0 Å². The summed E-state index contributed by atoms with van der Waals surface area (Å²) in [6.07, 6.45) is 0. The first-order chi connectivity index (χ1) is 13.4. The SMILES string of the molecule is CCN1C(=O)C(=C(c2ccc(Cl)cc2)c2ccc(Cl)cc2)C(=O)N(CC)C1=S. The van der Waals surface area contributed by atoms with Crippen LogP contribution in [-0.2, 0) is 9.59 Å². The highest BCUT2D eigenvalue weighted by atomic mass is 35.5. The third kappa shape index (κ3) is 3.70. The van der Waals surface area contributed by atoms with Crippen LogP contribution in [0.25, 0.3) is 5.57 Å². The van der Waals surface area contributed by atoms with E-state index in [0.717, 1.165) is 0 Å². The van der Waals surface area contributed by atoms with Crippen LogP contribution >= 0.6 is 35.4 Å². The second-order valence-corrected chi connectivity index (χ2v) is 7.38. The lowest BCUT2D eigenvalue weighted by atomic mass is 9.91. The monoisotopic (exact) mass is 432 g/mol. The van der Waals surface area contributed by atoms with Crippen molar-refractivity contribution in [1.82, 2.24) is 9.80 Å². The largest absolute Gasteiger partial charge is 0.285 e. The van der Waals surface area contributed by atoms with E-state index in [1.807, 2.05) is 13.8 Å². The fraction of sp³-hybridized carbons (Fsp3) is 0.190. The number of hydrogen-bond acceptors (Lipinski definition) is 3. The van der Waals surface area contributed by atoms with E-state index in [-0.39, 0.29) is 10.7 Å². The van der Waals surface area contributed by atoms with E-state index in [2.05, 4.69) is 0 Å². The summed E-state index contributed by atoms with van der Waals surface area (Å²) in [6.45, 7) is 4.41. The fourth-order valence-electron chi connectivity index (χ4n) is 3.14. The van der Waals surface area contributed by atoms with Crippen LogP contribution in [0.5, 0.6) is 0 Å². The van der Waals surface area contributed by atoms with Gasteiger partial charge in [0.2, 0.25) is 0 Å². The van der Waals surface area contributed by atoms with E-state index < -0.39 is 11.8 Å². The molecule has 0 atom stereocenters. The first-order valence-corrected chi connectivity index (χ1v) is 9.99. The Hall–Kier alpha value is -2.21. The molecule has 144 valence electrons. The molecular formula is C21H18Cl2N2O2S. The molecule has 1 heterocycles. The van der Waals surface area contributed by atoms with Crippen LogP contribution in [0.15, 0.2) is 54.1 Å². The second-order valence-electron chi connectivity index (χ2n) is 6.15. The molecule has 0 bridgehead atoms. The van der Waals surface area contributed by atoms with Crippen molar-refractivity contribution in [3.8, 4) is 0 Å². The van der Waals surface area contributed by atoms with E-state index in [9.17, 15) is 9.59 Å². The Morgan fingerprint density at radius 2 is 1.14 bits per heavy atom. The van der Waals surface area contributed by atoms with Gasteiger partial charge in [-0.25, -0.2) is 0 Å². The zero-order valence-electron chi connectivity index (χ0n) is 15.4. The predicted octanol–water partition coefficient (Wildman–Crippen LogP) is 4.79. The summed E-state index contributed by atoms with van der Waals surface area (Å²) in [6, 6.07) is 14.1. The van der Waals surface area contributed by atoms with Crippen LogP contribution in [0, 0.1) is 0 Å². The van der Waals surface area contributed by atoms with Gasteiger partial charge in [-0.05, 0) is 61.5 Å². The number of nitrogens with zero attached hydrogens (tertiary/aromatic N) is 2. The molecule has 1 aliphatic heterocycles. The van der Waals surface area contributed by atoms with Crippen LogP contribution in [0.4, 0.5) is 0 Å². The molecule has 1 fully saturated rings. The molecule has 0 saturated carbocycles. The van der Waals surface area contributed by atoms with Gasteiger partial charge in [0, 0.05) is 28.7 Å². The number of carbonyl (C=O) groups is 2. The maximum absolute atomic E-state index is 13.2. The van der Waals surface area contributed by atoms with Crippen LogP contribution in [-0.4, -0.2) is 39.8 Å². The zero-order chi connectivity index (χ0) is 20.4. The van der Waals surface area contributed by atoms with Gasteiger partial charge in [0.15, 0.2) is 5.11 Å². The Morgan fingerprint density at radius 3 is 1.46 bits per heavy atom. The van der Waals surface area contributed by atoms with Gasteiger partial charge < -0.3 is 0 Å². The van der Waals surface area contributed by atoms with Gasteiger partial charge in [0.25, 0.3) is 11.8 Å². The van der Waals surface area contributed by atoms with E-state index >= 15 is 0 Å². The standard InChI is InChI=1S/C21H18Cl2N2O2S/c1-3-24-19(26)18(20(27)25(4-2)21(24)28)17(13-5-9-15(22)10-6-13)14-7-11-16(23)12-8-14/h5-12H,3-4H2,1-2H3. The number of amides is 2. The summed E-state index contributed by atoms with van der Waals surface area (Å²) in [5.41, 5.74) is 2.04. The van der Waals surface area contributed by atoms with Crippen molar-refractivity contribution < 1.29 is 9.59 Å². The molecule has 2 aromatic carbocycles. The van der Waals surface area contributed by atoms with Gasteiger partial charge in [-0.1, -0.05) is 47.5 Å². The molecular weight excluding hydrogens is 415 g/mol. The van der Waals surface area contributed by atoms with Gasteiger partial charge >= 0.3 is 0 Å². The molecule has 0 radical (unpaired) electrons. The molecule has 4 nitrogen and oxygen atoms in total. The van der Waals surface area contributed by atoms with E-state index in [1.165, 1.54) is 9.80 Å². The Kier molecular flexibility index (Phi) is 6.18. The molecule has 7 heteroatoms. The molecule has 0 N–H and O–H groups in total. The smallest absolute Gasteiger partial charge is 0.266 e. The van der Waals surface area contributed by atoms with Crippen molar-refractivity contribution in [2.45, 2.75) is 13.8 Å². The zero-order valence-corrected chi connectivity index (χ0v) is 17.7. The number of thiocarbonyl (C=S) groups is 1. The summed E-state index contributed by atoms with van der Waals surface area (Å²) in [5.74, 6) is -0.802. The molecule has 0 aliphatic carbocycles. The highest BCUT2D eigenvalue weighted by Gasteiger charge is 2.40. The molecule has 2 aromatic rings. The first kappa shape index (κ1) is 20.5. The highest BCUT2D eigenvalue weighted by Crippen LogP contribution is 2.33. The Morgan fingerprint density at radius 1 is 0.786 bits per heavy atom. The Bertz CT molecular complexity index is 893. The molecule has 3 rings (SSSR count). The number of carbonyl (C=O) groups excluding carboxylic acids is 2. The van der Waals surface area contributed by atoms with Gasteiger partial charge in [0.05, 0.1) is 0 Å². The Labute approximate surface area is 179 Å². The molecule has 28 heavy (non-hydrogen) atoms. The average molecular weight is 433 g/mol. The summed E-state index contributed by atoms with van der Waals surface area (Å²) in [4.78, 5) is 29.4. The number of benzene rings is 2. The molecule has 1 aliphatic rings. The maximum atomic E-state index is 13.2. The number of halogens is 2. The van der Waals surface area contributed by atoms with Crippen molar-refractivity contribution in [3.63, 3.8) is 0 Å². The van der Waals surface area contributed by atoms with Gasteiger partial charge in [-0.3, -0.25) is 19.4 Å². The number of hydrogen-bond donors (Lipinski definition) is 0. The van der Waals surface area contributed by atoms with Gasteiger partial charge in [-0.15, -0.1) is 0 Å². The van der Waals surface area contributed by atoms with Crippen molar-refractivity contribution >= 4 is 57.9 Å². The van der Waals surface area contributed by atoms with Crippen molar-refractivity contribution in [2.24, 2.45) is 0 Å². The minimum absolute atomic E-state index is 0.0851. The fourth-order valence-corrected chi connectivity index (χ4v) is 3.82. The summed E-state index contributed by atoms with van der Waals surface area (Å²) in [7, 11) is 0. The average Bonchev–Trinajstić information content (AvgIpc) is 2.68. The Balaban J connectivity index is 2.32. The summed E-state index contributed by atoms with van der Waals surface area (Å²) >= 11 is 17.4. The van der Waals surface area contributed by atoms with E-state index in [4.69, 9.17) is 35.4 Å². The third-order valence-electron chi connectivity index (χ3n) is 4.53. The van der Waals surface area contributed by atoms with Crippen molar-refractivity contribution in [3.05, 3.63) is 75.3 Å². The van der Waals surface area contributed by atoms with Crippen LogP contribution in [0.1, 0.15) is 25.0 Å². The lowest BCUT2D eigenvalue weighted by Crippen LogP contribution is -2.56. The third-order valence-corrected chi connectivity index (χ3v) is 5.47.